The molecule has 0 radical (unpaired) electrons. The van der Waals surface area contributed by atoms with Crippen LogP contribution in [-0.2, 0) is 57.2 Å². The molecule has 0 fully saturated rings. The largest absolute Gasteiger partial charge is 0.478 e. The topological polar surface area (TPSA) is 178 Å². The standard InChI is InChI=1S/C57H104O13/c1-6-10-14-18-22-26-30-34-38-42-48(58)67-52(54(56(62)63)69-50(60)44-40-36-32-28-24-20-16-12-8-3)53(68-49(59)43-39-35-31-27-23-19-15-11-7-2)55(57(64)66-47-46-65-5)70-51(61)45-41-37-33-29-25-21-17-13-9-4/h52-55H,6-47H2,1-5H3,(H,62,63)/t52-,53+,54+,55+/m0/s1. The first-order chi connectivity index (χ1) is 34.1. The predicted octanol–water partition coefficient (Wildman–Crippen LogP) is 14.6. The first kappa shape index (κ1) is 66.8. The minimum absolute atomic E-state index is 0.0146. The molecule has 0 rings (SSSR count). The van der Waals surface area contributed by atoms with Gasteiger partial charge >= 0.3 is 35.8 Å². The van der Waals surface area contributed by atoms with Crippen LogP contribution < -0.4 is 0 Å². The van der Waals surface area contributed by atoms with Gasteiger partial charge in [-0.1, -0.05) is 233 Å². The minimum Gasteiger partial charge on any atom is -0.478 e. The highest BCUT2D eigenvalue weighted by molar-refractivity contribution is 5.83. The molecule has 0 saturated heterocycles. The normalized spacial score (nSPS) is 13.0. The third kappa shape index (κ3) is 39.4. The molecule has 70 heavy (non-hydrogen) atoms. The zero-order chi connectivity index (χ0) is 51.7. The van der Waals surface area contributed by atoms with Crippen LogP contribution in [0.15, 0.2) is 0 Å². The van der Waals surface area contributed by atoms with Crippen LogP contribution in [0.1, 0.15) is 285 Å². The highest BCUT2D eigenvalue weighted by Gasteiger charge is 2.50. The average molecular weight is 997 g/mol. The number of carbonyl (C=O) groups excluding carboxylic acids is 5. The van der Waals surface area contributed by atoms with Gasteiger partial charge in [-0.15, -0.1) is 0 Å². The van der Waals surface area contributed by atoms with Crippen molar-refractivity contribution in [1.82, 2.24) is 0 Å². The highest BCUT2D eigenvalue weighted by atomic mass is 16.7. The van der Waals surface area contributed by atoms with Gasteiger partial charge in [-0.05, 0) is 25.7 Å². The third-order valence-corrected chi connectivity index (χ3v) is 12.9. The molecule has 0 aromatic heterocycles. The monoisotopic (exact) mass is 997 g/mol. The number of methoxy groups -OCH3 is 1. The lowest BCUT2D eigenvalue weighted by atomic mass is 10.0. The number of hydrogen-bond donors (Lipinski definition) is 1. The molecule has 0 bridgehead atoms. The molecule has 4 atom stereocenters. The van der Waals surface area contributed by atoms with Crippen molar-refractivity contribution in [2.75, 3.05) is 20.3 Å². The fourth-order valence-corrected chi connectivity index (χ4v) is 8.56. The molecule has 0 amide bonds. The molecular weight excluding hydrogens is 893 g/mol. The molecule has 0 spiro atoms. The zero-order valence-electron chi connectivity index (χ0n) is 45.4. The van der Waals surface area contributed by atoms with E-state index in [1.165, 1.54) is 90.6 Å². The van der Waals surface area contributed by atoms with Crippen LogP contribution in [0.3, 0.4) is 0 Å². The Morgan fingerprint density at radius 3 is 0.843 bits per heavy atom. The third-order valence-electron chi connectivity index (χ3n) is 12.9. The van der Waals surface area contributed by atoms with Gasteiger partial charge in [0.2, 0.25) is 12.2 Å². The van der Waals surface area contributed by atoms with E-state index in [1.807, 2.05) is 0 Å². The minimum atomic E-state index is -2.21. The summed E-state index contributed by atoms with van der Waals surface area (Å²) in [4.78, 5) is 81.9. The molecular formula is C57H104O13. The Bertz CT molecular complexity index is 1290. The van der Waals surface area contributed by atoms with Crippen molar-refractivity contribution in [1.29, 1.82) is 0 Å². The molecule has 0 aliphatic heterocycles. The number of ether oxygens (including phenoxy) is 6. The van der Waals surface area contributed by atoms with E-state index in [4.69, 9.17) is 28.4 Å². The Balaban J connectivity index is 6.66. The Morgan fingerprint density at radius 1 is 0.329 bits per heavy atom. The van der Waals surface area contributed by atoms with Gasteiger partial charge in [0, 0.05) is 32.8 Å². The fourth-order valence-electron chi connectivity index (χ4n) is 8.56. The summed E-state index contributed by atoms with van der Waals surface area (Å²) in [5.41, 5.74) is 0. The first-order valence-electron chi connectivity index (χ1n) is 28.7. The summed E-state index contributed by atoms with van der Waals surface area (Å²) in [6.45, 7) is 8.43. The summed E-state index contributed by atoms with van der Waals surface area (Å²) in [5.74, 6) is -6.14. The van der Waals surface area contributed by atoms with Gasteiger partial charge in [0.25, 0.3) is 0 Å². The van der Waals surface area contributed by atoms with Gasteiger partial charge in [0.15, 0.2) is 12.2 Å². The smallest absolute Gasteiger partial charge is 0.351 e. The van der Waals surface area contributed by atoms with E-state index in [1.54, 1.807) is 0 Å². The summed E-state index contributed by atoms with van der Waals surface area (Å²) in [6.07, 6.45) is 27.1. The molecule has 0 aliphatic rings. The Hall–Kier alpha value is -3.22. The fraction of sp³-hybridized carbons (Fsp3) is 0.895. The van der Waals surface area contributed by atoms with E-state index in [0.29, 0.717) is 25.7 Å². The van der Waals surface area contributed by atoms with E-state index >= 15 is 0 Å². The highest BCUT2D eigenvalue weighted by Crippen LogP contribution is 2.25. The van der Waals surface area contributed by atoms with Crippen LogP contribution in [0.25, 0.3) is 0 Å². The Kier molecular flexibility index (Phi) is 47.1. The maximum Gasteiger partial charge on any atom is 0.351 e. The number of esters is 5. The van der Waals surface area contributed by atoms with Crippen molar-refractivity contribution >= 4 is 35.8 Å². The number of carbonyl (C=O) groups is 6. The summed E-state index contributed by atoms with van der Waals surface area (Å²) >= 11 is 0. The molecule has 13 nitrogen and oxygen atoms in total. The summed E-state index contributed by atoms with van der Waals surface area (Å²) in [7, 11) is 1.41. The van der Waals surface area contributed by atoms with Crippen molar-refractivity contribution in [2.24, 2.45) is 0 Å². The SMILES string of the molecule is CCCCCCCCCCCC(=O)O[C@H]([C@H](OC(=O)CCCCCCCCCCC)[C@@H](OC(=O)CCCCCCCCCCC)C(=O)O)[C@@H](OC(=O)CCCCCCCCCCC)C(=O)OCCOC. The molecule has 0 heterocycles. The van der Waals surface area contributed by atoms with E-state index in [2.05, 4.69) is 27.7 Å². The average Bonchev–Trinajstić information content (AvgIpc) is 3.34. The van der Waals surface area contributed by atoms with Crippen LogP contribution in [-0.4, -0.2) is 85.7 Å². The molecule has 0 unspecified atom stereocenters. The van der Waals surface area contributed by atoms with Crippen LogP contribution in [0.4, 0.5) is 0 Å². The van der Waals surface area contributed by atoms with Crippen molar-refractivity contribution < 1.29 is 62.3 Å². The molecule has 0 aromatic carbocycles. The number of aliphatic carboxylic acids is 1. The number of rotatable bonds is 52. The van der Waals surface area contributed by atoms with E-state index in [9.17, 15) is 33.9 Å². The zero-order valence-corrected chi connectivity index (χ0v) is 45.4. The second-order valence-corrected chi connectivity index (χ2v) is 19.5. The van der Waals surface area contributed by atoms with E-state index < -0.39 is 60.2 Å². The maximum absolute atomic E-state index is 14.0. The predicted molar refractivity (Wildman–Crippen MR) is 277 cm³/mol. The molecule has 0 aliphatic carbocycles. The van der Waals surface area contributed by atoms with Gasteiger partial charge in [-0.3, -0.25) is 19.2 Å². The summed E-state index contributed by atoms with van der Waals surface area (Å²) in [6, 6.07) is 0. The first-order valence-corrected chi connectivity index (χ1v) is 28.7. The second-order valence-electron chi connectivity index (χ2n) is 19.5. The molecule has 13 heteroatoms. The lowest BCUT2D eigenvalue weighted by Gasteiger charge is -2.34. The lowest BCUT2D eigenvalue weighted by Crippen LogP contribution is -2.56. The van der Waals surface area contributed by atoms with Crippen LogP contribution in [0.5, 0.6) is 0 Å². The van der Waals surface area contributed by atoms with Crippen LogP contribution >= 0.6 is 0 Å². The van der Waals surface area contributed by atoms with Gasteiger partial charge in [-0.25, -0.2) is 9.59 Å². The maximum atomic E-state index is 14.0. The number of hydrogen-bond acceptors (Lipinski definition) is 12. The summed E-state index contributed by atoms with van der Waals surface area (Å²) in [5, 5.41) is 10.7. The van der Waals surface area contributed by atoms with E-state index in [0.717, 1.165) is 122 Å². The van der Waals surface area contributed by atoms with Crippen LogP contribution in [0, 0.1) is 0 Å². The number of carboxylic acids is 1. The van der Waals surface area contributed by atoms with Crippen molar-refractivity contribution in [2.45, 2.75) is 309 Å². The molecule has 1 N–H and O–H groups in total. The van der Waals surface area contributed by atoms with Crippen molar-refractivity contribution in [3.8, 4) is 0 Å². The molecule has 0 saturated carbocycles. The van der Waals surface area contributed by atoms with E-state index in [-0.39, 0.29) is 38.9 Å². The number of unbranched alkanes of at least 4 members (excludes halogenated alkanes) is 32. The van der Waals surface area contributed by atoms with Crippen molar-refractivity contribution in [3.05, 3.63) is 0 Å². The lowest BCUT2D eigenvalue weighted by molar-refractivity contribution is -0.210. The Labute approximate surface area is 426 Å². The summed E-state index contributed by atoms with van der Waals surface area (Å²) < 4.78 is 33.8. The quantitative estimate of drug-likeness (QED) is 0.0346. The van der Waals surface area contributed by atoms with Gasteiger partial charge < -0.3 is 33.5 Å². The van der Waals surface area contributed by atoms with Gasteiger partial charge in [-0.2, -0.15) is 0 Å². The molecule has 0 aromatic rings. The second kappa shape index (κ2) is 49.4. The van der Waals surface area contributed by atoms with Gasteiger partial charge in [0.05, 0.1) is 6.61 Å². The van der Waals surface area contributed by atoms with Crippen LogP contribution in [0.2, 0.25) is 0 Å². The number of carboxylic acid groups (broad SMARTS) is 1. The molecule has 410 valence electrons. The van der Waals surface area contributed by atoms with Crippen molar-refractivity contribution in [3.63, 3.8) is 0 Å². The van der Waals surface area contributed by atoms with Gasteiger partial charge in [0.1, 0.15) is 6.61 Å². The Morgan fingerprint density at radius 2 is 0.571 bits per heavy atom.